The number of fused-ring (bicyclic) bond motifs is 1. The van der Waals surface area contributed by atoms with Crippen LogP contribution in [-0.2, 0) is 13.6 Å². The highest BCUT2D eigenvalue weighted by molar-refractivity contribution is 5.91. The molecule has 4 rings (SSSR count). The lowest BCUT2D eigenvalue weighted by Gasteiger charge is -2.30. The number of para-hydroxylation sites is 4. The zero-order valence-electron chi connectivity index (χ0n) is 19.6. The summed E-state index contributed by atoms with van der Waals surface area (Å²) in [6.07, 6.45) is 0. The SMILES string of the molecule is CCOc1ccccc1NC(=O)N(Cc1nc2ccccc2n(C)c1=O)C(C)c1ccccc1. The van der Waals surface area contributed by atoms with Gasteiger partial charge in [0.1, 0.15) is 11.4 Å². The monoisotopic (exact) mass is 456 g/mol. The van der Waals surface area contributed by atoms with Crippen molar-refractivity contribution in [1.82, 2.24) is 14.5 Å². The molecule has 0 aliphatic carbocycles. The topological polar surface area (TPSA) is 76.5 Å². The van der Waals surface area contributed by atoms with Crippen LogP contribution in [0.5, 0.6) is 5.75 Å². The quantitative estimate of drug-likeness (QED) is 0.418. The lowest BCUT2D eigenvalue weighted by molar-refractivity contribution is 0.188. The molecule has 34 heavy (non-hydrogen) atoms. The number of ether oxygens (including phenoxy) is 1. The van der Waals surface area contributed by atoms with Crippen molar-refractivity contribution in [3.63, 3.8) is 0 Å². The van der Waals surface area contributed by atoms with Gasteiger partial charge >= 0.3 is 6.03 Å². The third-order valence-corrected chi connectivity index (χ3v) is 5.81. The lowest BCUT2D eigenvalue weighted by Crippen LogP contribution is -2.39. The summed E-state index contributed by atoms with van der Waals surface area (Å²) in [5.41, 5.74) is 3.04. The molecular formula is C27H28N4O3. The second-order valence-corrected chi connectivity index (χ2v) is 7.99. The number of hydrogen-bond acceptors (Lipinski definition) is 4. The number of amides is 2. The van der Waals surface area contributed by atoms with E-state index in [2.05, 4.69) is 10.3 Å². The second kappa shape index (κ2) is 10.2. The molecule has 0 saturated carbocycles. The van der Waals surface area contributed by atoms with Gasteiger partial charge in [0.2, 0.25) is 0 Å². The van der Waals surface area contributed by atoms with Crippen molar-refractivity contribution in [3.05, 3.63) is 100 Å². The van der Waals surface area contributed by atoms with Gasteiger partial charge in [0.25, 0.3) is 5.56 Å². The van der Waals surface area contributed by atoms with Crippen LogP contribution in [0, 0.1) is 0 Å². The molecule has 1 aromatic heterocycles. The van der Waals surface area contributed by atoms with Crippen LogP contribution in [-0.4, -0.2) is 27.1 Å². The predicted octanol–water partition coefficient (Wildman–Crippen LogP) is 5.13. The third kappa shape index (κ3) is 4.78. The molecule has 174 valence electrons. The zero-order valence-corrected chi connectivity index (χ0v) is 19.6. The van der Waals surface area contributed by atoms with Gasteiger partial charge in [-0.1, -0.05) is 54.6 Å². The van der Waals surface area contributed by atoms with Crippen LogP contribution in [0.2, 0.25) is 0 Å². The van der Waals surface area contributed by atoms with Gasteiger partial charge in [0.15, 0.2) is 0 Å². The molecule has 7 nitrogen and oxygen atoms in total. The zero-order chi connectivity index (χ0) is 24.1. The number of benzene rings is 3. The van der Waals surface area contributed by atoms with Crippen molar-refractivity contribution in [2.24, 2.45) is 7.05 Å². The highest BCUT2D eigenvalue weighted by atomic mass is 16.5. The molecule has 0 spiro atoms. The Labute approximate surface area is 198 Å². The van der Waals surface area contributed by atoms with E-state index < -0.39 is 0 Å². The van der Waals surface area contributed by atoms with E-state index in [1.54, 1.807) is 22.6 Å². The first kappa shape index (κ1) is 23.0. The van der Waals surface area contributed by atoms with Gasteiger partial charge in [-0.25, -0.2) is 9.78 Å². The molecule has 7 heteroatoms. The summed E-state index contributed by atoms with van der Waals surface area (Å²) < 4.78 is 7.24. The van der Waals surface area contributed by atoms with E-state index in [9.17, 15) is 9.59 Å². The van der Waals surface area contributed by atoms with E-state index in [1.807, 2.05) is 86.6 Å². The number of urea groups is 1. The Morgan fingerprint density at radius 2 is 1.71 bits per heavy atom. The van der Waals surface area contributed by atoms with E-state index in [0.717, 1.165) is 11.1 Å². The van der Waals surface area contributed by atoms with Gasteiger partial charge in [-0.05, 0) is 43.7 Å². The van der Waals surface area contributed by atoms with E-state index in [-0.39, 0.29) is 24.2 Å². The molecule has 2 amide bonds. The van der Waals surface area contributed by atoms with Crippen molar-refractivity contribution in [1.29, 1.82) is 0 Å². The van der Waals surface area contributed by atoms with Crippen LogP contribution in [0.1, 0.15) is 31.1 Å². The van der Waals surface area contributed by atoms with Crippen LogP contribution in [0.3, 0.4) is 0 Å². The number of aryl methyl sites for hydroxylation is 1. The molecular weight excluding hydrogens is 428 g/mol. The number of nitrogens with one attached hydrogen (secondary N) is 1. The Balaban J connectivity index is 1.72. The van der Waals surface area contributed by atoms with E-state index in [1.165, 1.54) is 0 Å². The molecule has 0 fully saturated rings. The van der Waals surface area contributed by atoms with E-state index >= 15 is 0 Å². The number of rotatable bonds is 7. The van der Waals surface area contributed by atoms with Gasteiger partial charge in [0, 0.05) is 7.05 Å². The molecule has 1 heterocycles. The van der Waals surface area contributed by atoms with Crippen molar-refractivity contribution >= 4 is 22.8 Å². The van der Waals surface area contributed by atoms with Crippen LogP contribution < -0.4 is 15.6 Å². The van der Waals surface area contributed by atoms with Crippen molar-refractivity contribution in [2.45, 2.75) is 26.4 Å². The number of carbonyl (C=O) groups is 1. The van der Waals surface area contributed by atoms with E-state index in [4.69, 9.17) is 4.74 Å². The van der Waals surface area contributed by atoms with Gasteiger partial charge in [-0.15, -0.1) is 0 Å². The van der Waals surface area contributed by atoms with Crippen LogP contribution in [0.4, 0.5) is 10.5 Å². The molecule has 0 aliphatic heterocycles. The first-order chi connectivity index (χ1) is 16.5. The van der Waals surface area contributed by atoms with Crippen LogP contribution in [0.15, 0.2) is 83.7 Å². The molecule has 1 N–H and O–H groups in total. The lowest BCUT2D eigenvalue weighted by atomic mass is 10.1. The molecule has 3 aromatic carbocycles. The number of anilines is 1. The van der Waals surface area contributed by atoms with Gasteiger partial charge < -0.3 is 19.5 Å². The summed E-state index contributed by atoms with van der Waals surface area (Å²) in [5.74, 6) is 0.588. The smallest absolute Gasteiger partial charge is 0.322 e. The Kier molecular flexibility index (Phi) is 6.92. The summed E-state index contributed by atoms with van der Waals surface area (Å²) >= 11 is 0. The highest BCUT2D eigenvalue weighted by Gasteiger charge is 2.25. The number of nitrogens with zero attached hydrogens (tertiary/aromatic N) is 3. The summed E-state index contributed by atoms with van der Waals surface area (Å²) in [7, 11) is 1.72. The first-order valence-corrected chi connectivity index (χ1v) is 11.3. The minimum absolute atomic E-state index is 0.0518. The molecule has 0 aliphatic rings. The van der Waals surface area contributed by atoms with Crippen molar-refractivity contribution in [3.8, 4) is 5.75 Å². The van der Waals surface area contributed by atoms with Gasteiger partial charge in [-0.2, -0.15) is 0 Å². The summed E-state index contributed by atoms with van der Waals surface area (Å²) in [4.78, 5) is 32.9. The van der Waals surface area contributed by atoms with Gasteiger partial charge in [-0.3, -0.25) is 4.79 Å². The Morgan fingerprint density at radius 1 is 1.03 bits per heavy atom. The number of carbonyl (C=O) groups excluding carboxylic acids is 1. The van der Waals surface area contributed by atoms with Crippen LogP contribution in [0.25, 0.3) is 11.0 Å². The Bertz CT molecular complexity index is 1350. The van der Waals surface area contributed by atoms with Crippen LogP contribution >= 0.6 is 0 Å². The number of aromatic nitrogens is 2. The largest absolute Gasteiger partial charge is 0.492 e. The molecule has 0 saturated heterocycles. The maximum atomic E-state index is 13.6. The minimum atomic E-state index is -0.347. The Hall–Kier alpha value is -4.13. The maximum absolute atomic E-state index is 13.6. The summed E-state index contributed by atoms with van der Waals surface area (Å²) in [5, 5.41) is 2.96. The van der Waals surface area contributed by atoms with Crippen molar-refractivity contribution < 1.29 is 9.53 Å². The average molecular weight is 457 g/mol. The van der Waals surface area contributed by atoms with E-state index in [0.29, 0.717) is 29.3 Å². The predicted molar refractivity (Wildman–Crippen MR) is 134 cm³/mol. The highest BCUT2D eigenvalue weighted by Crippen LogP contribution is 2.27. The van der Waals surface area contributed by atoms with Crippen molar-refractivity contribution in [2.75, 3.05) is 11.9 Å². The minimum Gasteiger partial charge on any atom is -0.492 e. The summed E-state index contributed by atoms with van der Waals surface area (Å²) in [6, 6.07) is 23.8. The first-order valence-electron chi connectivity index (χ1n) is 11.3. The molecule has 0 radical (unpaired) electrons. The fourth-order valence-corrected chi connectivity index (χ4v) is 3.94. The Morgan fingerprint density at radius 3 is 2.47 bits per heavy atom. The van der Waals surface area contributed by atoms with Gasteiger partial charge in [0.05, 0.1) is 35.9 Å². The molecule has 0 bridgehead atoms. The summed E-state index contributed by atoms with van der Waals surface area (Å²) in [6.45, 7) is 4.36. The second-order valence-electron chi connectivity index (χ2n) is 7.99. The normalized spacial score (nSPS) is 11.7. The average Bonchev–Trinajstić information content (AvgIpc) is 2.86. The third-order valence-electron chi connectivity index (χ3n) is 5.81. The fourth-order valence-electron chi connectivity index (χ4n) is 3.94. The molecule has 1 atom stereocenters. The number of hydrogen-bond donors (Lipinski definition) is 1. The standard InChI is InChI=1S/C27H28N4O3/c1-4-34-25-17-11-9-15-22(25)29-27(33)31(19(2)20-12-6-5-7-13-20)18-23-26(32)30(3)24-16-10-8-14-21(24)28-23/h5-17,19H,4,18H2,1-3H3,(H,29,33). The maximum Gasteiger partial charge on any atom is 0.322 e. The fraction of sp³-hybridized carbons (Fsp3) is 0.222. The molecule has 1 unspecified atom stereocenters. The molecule has 4 aromatic rings.